The van der Waals surface area contributed by atoms with E-state index in [1.807, 2.05) is 13.0 Å². The Morgan fingerprint density at radius 2 is 1.90 bits per heavy atom. The van der Waals surface area contributed by atoms with Gasteiger partial charge in [0, 0.05) is 23.0 Å². The van der Waals surface area contributed by atoms with Gasteiger partial charge in [-0.1, -0.05) is 24.3 Å². The lowest BCUT2D eigenvalue weighted by Gasteiger charge is -2.10. The van der Waals surface area contributed by atoms with Crippen molar-refractivity contribution in [3.05, 3.63) is 86.8 Å². The van der Waals surface area contributed by atoms with Crippen LogP contribution >= 0.6 is 0 Å². The van der Waals surface area contributed by atoms with Crippen LogP contribution in [0.3, 0.4) is 0 Å². The Morgan fingerprint density at radius 1 is 1.10 bits per heavy atom. The molecule has 0 fully saturated rings. The quantitative estimate of drug-likeness (QED) is 0.546. The summed E-state index contributed by atoms with van der Waals surface area (Å²) in [6.07, 6.45) is 1.38. The molecule has 2 aromatic carbocycles. The van der Waals surface area contributed by atoms with E-state index >= 15 is 0 Å². The molecule has 8 heteroatoms. The van der Waals surface area contributed by atoms with Gasteiger partial charge in [-0.05, 0) is 37.6 Å². The average Bonchev–Trinajstić information content (AvgIpc) is 2.70. The van der Waals surface area contributed by atoms with Crippen molar-refractivity contribution in [1.82, 2.24) is 19.5 Å². The molecule has 0 aliphatic heterocycles. The van der Waals surface area contributed by atoms with E-state index in [1.54, 1.807) is 43.3 Å². The first-order valence-corrected chi connectivity index (χ1v) is 9.34. The molecule has 0 radical (unpaired) electrons. The normalized spacial score (nSPS) is 10.9. The molecule has 0 spiro atoms. The number of amides is 1. The van der Waals surface area contributed by atoms with Crippen molar-refractivity contribution in [3.8, 4) is 11.4 Å². The number of H-pyrrole nitrogens is 1. The molecule has 30 heavy (non-hydrogen) atoms. The third-order valence-corrected chi connectivity index (χ3v) is 4.66. The first-order valence-electron chi connectivity index (χ1n) is 9.34. The van der Waals surface area contributed by atoms with Crippen LogP contribution < -0.4 is 16.4 Å². The zero-order chi connectivity index (χ0) is 21.3. The number of carbonyl (C=O) groups excluding carboxylic acids is 1. The summed E-state index contributed by atoms with van der Waals surface area (Å²) >= 11 is 0. The molecule has 2 heterocycles. The number of aryl methyl sites for hydroxylation is 2. The lowest BCUT2D eigenvalue weighted by atomic mass is 10.1. The molecule has 2 aromatic heterocycles. The van der Waals surface area contributed by atoms with Crippen LogP contribution in [0.5, 0.6) is 0 Å². The maximum absolute atomic E-state index is 12.7. The van der Waals surface area contributed by atoms with Crippen LogP contribution in [0.15, 0.2) is 64.4 Å². The largest absolute Gasteiger partial charge is 0.325 e. The predicted molar refractivity (Wildman–Crippen MR) is 114 cm³/mol. The van der Waals surface area contributed by atoms with Gasteiger partial charge in [-0.15, -0.1) is 0 Å². The Hall–Kier alpha value is -4.07. The van der Waals surface area contributed by atoms with Crippen molar-refractivity contribution < 1.29 is 4.79 Å². The van der Waals surface area contributed by atoms with Gasteiger partial charge < -0.3 is 10.3 Å². The molecular weight excluding hydrogens is 382 g/mol. The van der Waals surface area contributed by atoms with Crippen molar-refractivity contribution in [2.24, 2.45) is 0 Å². The highest BCUT2D eigenvalue weighted by Crippen LogP contribution is 2.19. The number of nitrogens with zero attached hydrogens (tertiary/aromatic N) is 3. The summed E-state index contributed by atoms with van der Waals surface area (Å²) in [5.41, 5.74) is 2.81. The molecule has 0 saturated heterocycles. The van der Waals surface area contributed by atoms with E-state index < -0.39 is 0 Å². The molecular formula is C22H19N5O3. The van der Waals surface area contributed by atoms with Gasteiger partial charge >= 0.3 is 0 Å². The molecule has 0 aliphatic rings. The Bertz CT molecular complexity index is 1390. The number of hydrogen-bond acceptors (Lipinski definition) is 5. The average molecular weight is 401 g/mol. The second kappa shape index (κ2) is 7.75. The van der Waals surface area contributed by atoms with E-state index in [2.05, 4.69) is 20.3 Å². The number of anilines is 1. The fraction of sp³-hybridized carbons (Fsp3) is 0.136. The van der Waals surface area contributed by atoms with Crippen molar-refractivity contribution in [3.63, 3.8) is 0 Å². The summed E-state index contributed by atoms with van der Waals surface area (Å²) in [7, 11) is 0. The fourth-order valence-electron chi connectivity index (χ4n) is 3.27. The molecule has 0 bridgehead atoms. The van der Waals surface area contributed by atoms with Crippen LogP contribution in [0, 0.1) is 13.8 Å². The van der Waals surface area contributed by atoms with Gasteiger partial charge in [0.25, 0.3) is 11.1 Å². The number of aromatic nitrogens is 4. The van der Waals surface area contributed by atoms with Gasteiger partial charge in [0.2, 0.25) is 5.91 Å². The molecule has 0 aliphatic carbocycles. The topological polar surface area (TPSA) is 110 Å². The molecule has 0 saturated carbocycles. The summed E-state index contributed by atoms with van der Waals surface area (Å²) in [5, 5.41) is 3.24. The number of nitrogens with one attached hydrogen (secondary N) is 2. The minimum absolute atomic E-state index is 0.167. The van der Waals surface area contributed by atoms with Crippen LogP contribution in [0.25, 0.3) is 22.3 Å². The number of para-hydroxylation sites is 1. The zero-order valence-corrected chi connectivity index (χ0v) is 16.5. The van der Waals surface area contributed by atoms with Gasteiger partial charge in [0.1, 0.15) is 12.4 Å². The second-order valence-electron chi connectivity index (χ2n) is 7.01. The van der Waals surface area contributed by atoms with Crippen LogP contribution in [0.2, 0.25) is 0 Å². The second-order valence-corrected chi connectivity index (χ2v) is 7.01. The first-order chi connectivity index (χ1) is 14.4. The van der Waals surface area contributed by atoms with E-state index in [9.17, 15) is 14.4 Å². The SMILES string of the molecule is Cc1cc(=O)[nH]c(-c2cccc(NC(=O)Cn3cnc4c(C)cccc4c3=O)c2)n1. The maximum Gasteiger partial charge on any atom is 0.261 e. The van der Waals surface area contributed by atoms with Crippen LogP contribution in [0.1, 0.15) is 11.3 Å². The molecule has 1 amide bonds. The highest BCUT2D eigenvalue weighted by atomic mass is 16.2. The van der Waals surface area contributed by atoms with E-state index in [-0.39, 0.29) is 23.6 Å². The van der Waals surface area contributed by atoms with E-state index in [4.69, 9.17) is 0 Å². The molecule has 2 N–H and O–H groups in total. The van der Waals surface area contributed by atoms with Crippen molar-refractivity contribution in [2.45, 2.75) is 20.4 Å². The molecule has 0 atom stereocenters. The van der Waals surface area contributed by atoms with Crippen LogP contribution in [0.4, 0.5) is 5.69 Å². The van der Waals surface area contributed by atoms with E-state index in [0.717, 1.165) is 5.56 Å². The van der Waals surface area contributed by atoms with Gasteiger partial charge in [0.05, 0.1) is 17.2 Å². The van der Waals surface area contributed by atoms with Gasteiger partial charge in [-0.3, -0.25) is 19.0 Å². The van der Waals surface area contributed by atoms with Crippen molar-refractivity contribution in [1.29, 1.82) is 0 Å². The lowest BCUT2D eigenvalue weighted by Crippen LogP contribution is -2.28. The third kappa shape index (κ3) is 3.88. The molecule has 0 unspecified atom stereocenters. The molecule has 150 valence electrons. The maximum atomic E-state index is 12.7. The zero-order valence-electron chi connectivity index (χ0n) is 16.5. The number of fused-ring (bicyclic) bond motifs is 1. The van der Waals surface area contributed by atoms with Gasteiger partial charge in [0.15, 0.2) is 0 Å². The minimum Gasteiger partial charge on any atom is -0.325 e. The van der Waals surface area contributed by atoms with Gasteiger partial charge in [-0.2, -0.15) is 0 Å². The molecule has 8 nitrogen and oxygen atoms in total. The Morgan fingerprint density at radius 3 is 2.70 bits per heavy atom. The highest BCUT2D eigenvalue weighted by molar-refractivity contribution is 5.91. The first kappa shape index (κ1) is 19.3. The van der Waals surface area contributed by atoms with Crippen LogP contribution in [-0.4, -0.2) is 25.4 Å². The van der Waals surface area contributed by atoms with Crippen molar-refractivity contribution >= 4 is 22.5 Å². The number of hydrogen-bond donors (Lipinski definition) is 2. The fourth-order valence-corrected chi connectivity index (χ4v) is 3.27. The summed E-state index contributed by atoms with van der Waals surface area (Å²) < 4.78 is 1.28. The number of benzene rings is 2. The van der Waals surface area contributed by atoms with E-state index in [1.165, 1.54) is 17.0 Å². The molecule has 4 rings (SSSR count). The number of rotatable bonds is 4. The summed E-state index contributed by atoms with van der Waals surface area (Å²) in [6, 6.07) is 13.8. The monoisotopic (exact) mass is 401 g/mol. The van der Waals surface area contributed by atoms with Crippen molar-refractivity contribution in [2.75, 3.05) is 5.32 Å². The molecule has 4 aromatic rings. The highest BCUT2D eigenvalue weighted by Gasteiger charge is 2.10. The standard InChI is InChI=1S/C22H19N5O3/c1-13-5-3-8-17-20(13)23-12-27(22(17)30)11-19(29)25-16-7-4-6-15(10-16)21-24-14(2)9-18(28)26-21/h3-10,12H,11H2,1-2H3,(H,25,29)(H,24,26,28). The Labute approximate surface area is 171 Å². The van der Waals surface area contributed by atoms with E-state index in [0.29, 0.717) is 33.7 Å². The number of aromatic amines is 1. The third-order valence-electron chi connectivity index (χ3n) is 4.66. The summed E-state index contributed by atoms with van der Waals surface area (Å²) in [5.74, 6) is 0.0511. The van der Waals surface area contributed by atoms with Crippen LogP contribution in [-0.2, 0) is 11.3 Å². The lowest BCUT2D eigenvalue weighted by molar-refractivity contribution is -0.116. The smallest absolute Gasteiger partial charge is 0.261 e. The number of carbonyl (C=O) groups is 1. The Balaban J connectivity index is 1.56. The summed E-state index contributed by atoms with van der Waals surface area (Å²) in [4.78, 5) is 48.2. The predicted octanol–water partition coefficient (Wildman–Crippen LogP) is 2.40. The van der Waals surface area contributed by atoms with Gasteiger partial charge in [-0.25, -0.2) is 9.97 Å². The summed E-state index contributed by atoms with van der Waals surface area (Å²) in [6.45, 7) is 3.45. The Kier molecular flexibility index (Phi) is 4.97. The minimum atomic E-state index is -0.367.